The van der Waals surface area contributed by atoms with E-state index in [1.54, 1.807) is 12.4 Å². The molecule has 0 radical (unpaired) electrons. The molecule has 1 aliphatic rings. The number of aliphatic imine (C=N–C) groups is 1. The fraction of sp³-hybridized carbons (Fsp3) is 0.417. The minimum atomic E-state index is -2.78. The van der Waals surface area contributed by atoms with E-state index in [-0.39, 0.29) is 11.7 Å². The van der Waals surface area contributed by atoms with Gasteiger partial charge >= 0.3 is 0 Å². The fourth-order valence-electron chi connectivity index (χ4n) is 1.83. The van der Waals surface area contributed by atoms with Crippen molar-refractivity contribution in [1.29, 1.82) is 0 Å². The van der Waals surface area contributed by atoms with E-state index in [2.05, 4.69) is 36.7 Å². The molecule has 9 heteroatoms. The molecule has 1 aliphatic heterocycles. The highest BCUT2D eigenvalue weighted by Gasteiger charge is 2.22. The molecule has 6 nitrogen and oxygen atoms in total. The van der Waals surface area contributed by atoms with Crippen molar-refractivity contribution in [1.82, 2.24) is 20.4 Å². The highest BCUT2D eigenvalue weighted by Crippen LogP contribution is 2.20. The summed E-state index contributed by atoms with van der Waals surface area (Å²) in [5.41, 5.74) is -0.606. The largest absolute Gasteiger partial charge is 0.369 e. The van der Waals surface area contributed by atoms with Gasteiger partial charge < -0.3 is 10.6 Å². The SMILES string of the molecule is Cn1cc(C(=O)NCCC2N=CC(Br)=CN2)c(C(F)F)n1. The molecular formula is C12H14BrF2N5O. The van der Waals surface area contributed by atoms with Crippen molar-refractivity contribution in [2.75, 3.05) is 6.54 Å². The molecular weight excluding hydrogens is 348 g/mol. The Kier molecular flexibility index (Phi) is 5.05. The number of halogens is 3. The van der Waals surface area contributed by atoms with E-state index in [4.69, 9.17) is 0 Å². The van der Waals surface area contributed by atoms with Gasteiger partial charge in [0, 0.05) is 38.6 Å². The number of carbonyl (C=O) groups excluding carboxylic acids is 1. The summed E-state index contributed by atoms with van der Waals surface area (Å²) in [6, 6.07) is 0. The van der Waals surface area contributed by atoms with Crippen molar-refractivity contribution >= 4 is 28.1 Å². The maximum absolute atomic E-state index is 12.8. The van der Waals surface area contributed by atoms with Gasteiger partial charge in [0.05, 0.1) is 10.0 Å². The summed E-state index contributed by atoms with van der Waals surface area (Å²) >= 11 is 3.26. The maximum Gasteiger partial charge on any atom is 0.282 e. The lowest BCUT2D eigenvalue weighted by molar-refractivity contribution is 0.0937. The van der Waals surface area contributed by atoms with Crippen LogP contribution in [0.1, 0.15) is 28.9 Å². The predicted octanol–water partition coefficient (Wildman–Crippen LogP) is 1.71. The van der Waals surface area contributed by atoms with Crippen LogP contribution >= 0.6 is 15.9 Å². The number of nitrogens with zero attached hydrogens (tertiary/aromatic N) is 3. The zero-order chi connectivity index (χ0) is 15.4. The highest BCUT2D eigenvalue weighted by molar-refractivity contribution is 9.12. The van der Waals surface area contributed by atoms with Gasteiger partial charge in [-0.1, -0.05) is 0 Å². The van der Waals surface area contributed by atoms with Crippen molar-refractivity contribution in [3.05, 3.63) is 28.1 Å². The summed E-state index contributed by atoms with van der Waals surface area (Å²) in [4.78, 5) is 16.1. The van der Waals surface area contributed by atoms with Crippen LogP contribution in [0.25, 0.3) is 0 Å². The molecule has 0 saturated heterocycles. The van der Waals surface area contributed by atoms with Crippen LogP contribution < -0.4 is 10.6 Å². The summed E-state index contributed by atoms with van der Waals surface area (Å²) in [5.74, 6) is -0.560. The third kappa shape index (κ3) is 4.10. The van der Waals surface area contributed by atoms with Gasteiger partial charge in [0.1, 0.15) is 11.9 Å². The second-order valence-corrected chi connectivity index (χ2v) is 5.35. The second-order valence-electron chi connectivity index (χ2n) is 4.44. The molecule has 21 heavy (non-hydrogen) atoms. The van der Waals surface area contributed by atoms with Crippen molar-refractivity contribution in [3.63, 3.8) is 0 Å². The van der Waals surface area contributed by atoms with Gasteiger partial charge in [-0.15, -0.1) is 0 Å². The number of aryl methyl sites for hydroxylation is 1. The number of hydrogen-bond donors (Lipinski definition) is 2. The molecule has 1 aromatic rings. The van der Waals surface area contributed by atoms with Crippen LogP contribution in [0.15, 0.2) is 21.9 Å². The normalized spacial score (nSPS) is 17.6. The van der Waals surface area contributed by atoms with Crippen molar-refractivity contribution < 1.29 is 13.6 Å². The van der Waals surface area contributed by atoms with Gasteiger partial charge in [0.15, 0.2) is 0 Å². The number of alkyl halides is 2. The summed E-state index contributed by atoms with van der Waals surface area (Å²) in [6.45, 7) is 0.316. The molecule has 1 amide bonds. The first-order valence-electron chi connectivity index (χ1n) is 6.22. The molecule has 0 fully saturated rings. The molecule has 0 bridgehead atoms. The first-order valence-corrected chi connectivity index (χ1v) is 7.01. The second kappa shape index (κ2) is 6.79. The zero-order valence-corrected chi connectivity index (χ0v) is 12.8. The third-order valence-corrected chi connectivity index (χ3v) is 3.24. The van der Waals surface area contributed by atoms with Gasteiger partial charge in [-0.05, 0) is 15.9 Å². The Morgan fingerprint density at radius 3 is 3.00 bits per heavy atom. The van der Waals surface area contributed by atoms with Crippen LogP contribution in [0.4, 0.5) is 8.78 Å². The smallest absolute Gasteiger partial charge is 0.282 e. The Bertz CT molecular complexity index is 584. The Morgan fingerprint density at radius 2 is 2.38 bits per heavy atom. The van der Waals surface area contributed by atoms with E-state index >= 15 is 0 Å². The molecule has 2 rings (SSSR count). The van der Waals surface area contributed by atoms with Crippen molar-refractivity contribution in [2.24, 2.45) is 12.0 Å². The van der Waals surface area contributed by atoms with E-state index in [9.17, 15) is 13.6 Å². The van der Waals surface area contributed by atoms with Gasteiger partial charge in [0.25, 0.3) is 12.3 Å². The zero-order valence-electron chi connectivity index (χ0n) is 11.2. The molecule has 2 N–H and O–H groups in total. The number of amides is 1. The molecule has 0 spiro atoms. The molecule has 1 atom stereocenters. The Balaban J connectivity index is 1.87. The summed E-state index contributed by atoms with van der Waals surface area (Å²) < 4.78 is 27.5. The number of hydrogen-bond acceptors (Lipinski definition) is 4. The topological polar surface area (TPSA) is 71.3 Å². The molecule has 0 aromatic carbocycles. The Labute approximate surface area is 128 Å². The number of rotatable bonds is 5. The minimum absolute atomic E-state index is 0.102. The quantitative estimate of drug-likeness (QED) is 0.838. The van der Waals surface area contributed by atoms with Crippen LogP contribution in [0.2, 0.25) is 0 Å². The molecule has 114 valence electrons. The van der Waals surface area contributed by atoms with E-state index in [1.165, 1.54) is 17.9 Å². The van der Waals surface area contributed by atoms with Gasteiger partial charge in [-0.3, -0.25) is 14.5 Å². The predicted molar refractivity (Wildman–Crippen MR) is 77.5 cm³/mol. The van der Waals surface area contributed by atoms with Crippen LogP contribution in [-0.4, -0.2) is 34.6 Å². The standard InChI is InChI=1S/C12H14BrF2N5O/c1-20-6-8(10(19-20)11(14)15)12(21)16-3-2-9-17-4-7(13)5-18-9/h4-6,9,11,17H,2-3H2,1H3,(H,16,21). The monoisotopic (exact) mass is 361 g/mol. The molecule has 0 saturated carbocycles. The van der Waals surface area contributed by atoms with Gasteiger partial charge in [-0.2, -0.15) is 5.10 Å². The lowest BCUT2D eigenvalue weighted by Crippen LogP contribution is -2.32. The summed E-state index contributed by atoms with van der Waals surface area (Å²) in [5, 5.41) is 9.21. The fourth-order valence-corrected chi connectivity index (χ4v) is 2.08. The first kappa shape index (κ1) is 15.6. The lowest BCUT2D eigenvalue weighted by atomic mass is 10.2. The van der Waals surface area contributed by atoms with Gasteiger partial charge in [-0.25, -0.2) is 8.78 Å². The third-order valence-electron chi connectivity index (χ3n) is 2.80. The molecule has 1 aromatic heterocycles. The van der Waals surface area contributed by atoms with E-state index in [1.807, 2.05) is 0 Å². The van der Waals surface area contributed by atoms with Gasteiger partial charge in [0.2, 0.25) is 0 Å². The minimum Gasteiger partial charge on any atom is -0.369 e. The van der Waals surface area contributed by atoms with E-state index < -0.39 is 18.0 Å². The first-order chi connectivity index (χ1) is 9.97. The van der Waals surface area contributed by atoms with E-state index in [0.717, 1.165) is 4.48 Å². The number of nitrogens with one attached hydrogen (secondary N) is 2. The Hall–Kier alpha value is -1.77. The molecule has 0 aliphatic carbocycles. The van der Waals surface area contributed by atoms with Crippen LogP contribution in [0, 0.1) is 0 Å². The average molecular weight is 362 g/mol. The maximum atomic E-state index is 12.8. The number of allylic oxidation sites excluding steroid dienone is 1. The van der Waals surface area contributed by atoms with Crippen LogP contribution in [0.3, 0.4) is 0 Å². The average Bonchev–Trinajstić information content (AvgIpc) is 2.83. The van der Waals surface area contributed by atoms with Crippen LogP contribution in [-0.2, 0) is 7.05 Å². The highest BCUT2D eigenvalue weighted by atomic mass is 79.9. The molecule has 1 unspecified atom stereocenters. The molecule has 2 heterocycles. The summed E-state index contributed by atoms with van der Waals surface area (Å²) in [6.07, 6.45) is 2.33. The number of carbonyl (C=O) groups is 1. The van der Waals surface area contributed by atoms with E-state index in [0.29, 0.717) is 13.0 Å². The lowest BCUT2D eigenvalue weighted by Gasteiger charge is -2.16. The summed E-state index contributed by atoms with van der Waals surface area (Å²) in [7, 11) is 1.49. The Morgan fingerprint density at radius 1 is 1.62 bits per heavy atom. The van der Waals surface area contributed by atoms with Crippen LogP contribution in [0.5, 0.6) is 0 Å². The van der Waals surface area contributed by atoms with Crippen molar-refractivity contribution in [2.45, 2.75) is 19.0 Å². The number of aromatic nitrogens is 2. The van der Waals surface area contributed by atoms with Crippen molar-refractivity contribution in [3.8, 4) is 0 Å².